The van der Waals surface area contributed by atoms with E-state index in [1.54, 1.807) is 7.11 Å². The molecule has 2 aromatic carbocycles. The van der Waals surface area contributed by atoms with Gasteiger partial charge in [-0.3, -0.25) is 9.59 Å². The molecule has 1 N–H and O–H groups in total. The Hall–Kier alpha value is -3.06. The Balaban J connectivity index is 1.48. The molecule has 0 bridgehead atoms. The molecule has 1 amide bonds. The fourth-order valence-corrected chi connectivity index (χ4v) is 6.62. The zero-order valence-electron chi connectivity index (χ0n) is 26.3. The first-order valence-corrected chi connectivity index (χ1v) is 15.4. The maximum Gasteiger partial charge on any atom is 0.306 e. The number of carbonyl (C=O) groups excluding carboxylic acids is 1. The molecule has 0 unspecified atom stereocenters. The van der Waals surface area contributed by atoms with Gasteiger partial charge in [-0.25, -0.2) is 0 Å². The number of carboxylic acid groups (broad SMARTS) is 1. The molecule has 1 saturated heterocycles. The number of aliphatic carboxylic acids is 1. The summed E-state index contributed by atoms with van der Waals surface area (Å²) in [5.41, 5.74) is 1.46. The van der Waals surface area contributed by atoms with Gasteiger partial charge in [-0.05, 0) is 94.2 Å². The van der Waals surface area contributed by atoms with Crippen molar-refractivity contribution in [2.75, 3.05) is 20.3 Å². The van der Waals surface area contributed by atoms with Crippen LogP contribution < -0.4 is 9.47 Å². The number of benzene rings is 2. The van der Waals surface area contributed by atoms with E-state index in [-0.39, 0.29) is 28.9 Å². The number of ether oxygens (including phenoxy) is 3. The van der Waals surface area contributed by atoms with Gasteiger partial charge in [0, 0.05) is 30.5 Å². The van der Waals surface area contributed by atoms with E-state index in [4.69, 9.17) is 14.2 Å². The van der Waals surface area contributed by atoms with Crippen LogP contribution in [0.4, 0.5) is 0 Å². The first-order chi connectivity index (χ1) is 19.8. The molecule has 42 heavy (non-hydrogen) atoms. The van der Waals surface area contributed by atoms with E-state index in [0.29, 0.717) is 32.5 Å². The predicted octanol–water partition coefficient (Wildman–Crippen LogP) is 7.01. The monoisotopic (exact) mass is 579 g/mol. The van der Waals surface area contributed by atoms with Crippen molar-refractivity contribution in [1.82, 2.24) is 4.90 Å². The summed E-state index contributed by atoms with van der Waals surface area (Å²) in [6.45, 7) is 12.1. The maximum absolute atomic E-state index is 13.7. The molecule has 1 aliphatic heterocycles. The van der Waals surface area contributed by atoms with Gasteiger partial charge >= 0.3 is 5.97 Å². The summed E-state index contributed by atoms with van der Waals surface area (Å²) in [6, 6.07) is 16.4. The minimum atomic E-state index is -0.706. The highest BCUT2D eigenvalue weighted by Crippen LogP contribution is 2.45. The van der Waals surface area contributed by atoms with Gasteiger partial charge in [0.05, 0.1) is 24.7 Å². The molecule has 1 atom stereocenters. The van der Waals surface area contributed by atoms with Gasteiger partial charge in [0.1, 0.15) is 11.5 Å². The predicted molar refractivity (Wildman–Crippen MR) is 164 cm³/mol. The minimum absolute atomic E-state index is 0.0447. The van der Waals surface area contributed by atoms with Crippen LogP contribution in [-0.2, 0) is 26.3 Å². The molecule has 2 aliphatic rings. The second-order valence-corrected chi connectivity index (χ2v) is 13.8. The second kappa shape index (κ2) is 13.1. The van der Waals surface area contributed by atoms with Crippen LogP contribution in [0.25, 0.3) is 0 Å². The lowest BCUT2D eigenvalue weighted by molar-refractivity contribution is -0.143. The molecule has 7 nitrogen and oxygen atoms in total. The number of hydrogen-bond acceptors (Lipinski definition) is 5. The summed E-state index contributed by atoms with van der Waals surface area (Å²) in [5, 5.41) is 9.25. The summed E-state index contributed by atoms with van der Waals surface area (Å²) in [7, 11) is 1.68. The van der Waals surface area contributed by atoms with Gasteiger partial charge in [-0.2, -0.15) is 0 Å². The molecule has 2 fully saturated rings. The van der Waals surface area contributed by atoms with E-state index in [0.717, 1.165) is 49.2 Å². The molecule has 0 spiro atoms. The minimum Gasteiger partial charge on any atom is -0.497 e. The standard InChI is InChI=1S/C35H49NO6/c1-33(2,3)32(39)36(23-25-7-13-29(14-8-25)42-30-15-9-26(10-16-30)31(37)38)21-19-35(20-22-41-34(4,5)24-35)27-11-17-28(40-6)18-12-27/h7-8,11-14,17-18,26,30H,9-10,15-16,19-24H2,1-6H3,(H,37,38)/t26?,30?,35-/m1/s1. The third kappa shape index (κ3) is 8.06. The number of methoxy groups -OCH3 is 1. The number of amides is 1. The van der Waals surface area contributed by atoms with Gasteiger partial charge in [0.25, 0.3) is 0 Å². The van der Waals surface area contributed by atoms with Crippen LogP contribution in [0.5, 0.6) is 11.5 Å². The van der Waals surface area contributed by atoms with Crippen molar-refractivity contribution >= 4 is 11.9 Å². The molecular weight excluding hydrogens is 530 g/mol. The van der Waals surface area contributed by atoms with E-state index >= 15 is 0 Å². The van der Waals surface area contributed by atoms with Crippen LogP contribution >= 0.6 is 0 Å². The van der Waals surface area contributed by atoms with Gasteiger partial charge in [0.15, 0.2) is 0 Å². The summed E-state index contributed by atoms with van der Waals surface area (Å²) in [4.78, 5) is 27.0. The molecule has 4 rings (SSSR count). The number of hydrogen-bond donors (Lipinski definition) is 1. The average Bonchev–Trinajstić information content (AvgIpc) is 2.95. The molecule has 1 aliphatic carbocycles. The average molecular weight is 580 g/mol. The lowest BCUT2D eigenvalue weighted by atomic mass is 9.67. The Labute approximate surface area is 251 Å². The first kappa shape index (κ1) is 31.9. The van der Waals surface area contributed by atoms with E-state index in [1.807, 2.05) is 62.1 Å². The fraction of sp³-hybridized carbons (Fsp3) is 0.600. The largest absolute Gasteiger partial charge is 0.497 e. The quantitative estimate of drug-likeness (QED) is 0.326. The van der Waals surface area contributed by atoms with Crippen LogP contribution in [0.1, 0.15) is 90.7 Å². The van der Waals surface area contributed by atoms with Crippen LogP contribution in [-0.4, -0.2) is 53.8 Å². The molecule has 7 heteroatoms. The topological polar surface area (TPSA) is 85.3 Å². The molecule has 230 valence electrons. The molecular formula is C35H49NO6. The summed E-state index contributed by atoms with van der Waals surface area (Å²) in [6.07, 6.45) is 5.49. The first-order valence-electron chi connectivity index (χ1n) is 15.4. The van der Waals surface area contributed by atoms with Crippen molar-refractivity contribution in [3.05, 3.63) is 59.7 Å². The van der Waals surface area contributed by atoms with Crippen LogP contribution in [0.2, 0.25) is 0 Å². The second-order valence-electron chi connectivity index (χ2n) is 13.8. The van der Waals surface area contributed by atoms with E-state index < -0.39 is 11.4 Å². The van der Waals surface area contributed by atoms with Crippen molar-refractivity contribution in [2.45, 2.75) is 103 Å². The molecule has 1 heterocycles. The van der Waals surface area contributed by atoms with Gasteiger partial charge < -0.3 is 24.2 Å². The van der Waals surface area contributed by atoms with Crippen molar-refractivity contribution in [1.29, 1.82) is 0 Å². The number of carbonyl (C=O) groups is 2. The number of rotatable bonds is 10. The summed E-state index contributed by atoms with van der Waals surface area (Å²) < 4.78 is 17.7. The molecule has 0 radical (unpaired) electrons. The third-order valence-electron chi connectivity index (χ3n) is 8.95. The highest BCUT2D eigenvalue weighted by Gasteiger charge is 2.43. The van der Waals surface area contributed by atoms with Crippen molar-refractivity contribution < 1.29 is 28.9 Å². The normalized spacial score (nSPS) is 24.0. The Kier molecular flexibility index (Phi) is 9.92. The zero-order chi connectivity index (χ0) is 30.5. The Morgan fingerprint density at radius 2 is 1.60 bits per heavy atom. The smallest absolute Gasteiger partial charge is 0.306 e. The van der Waals surface area contributed by atoms with Crippen molar-refractivity contribution in [2.24, 2.45) is 11.3 Å². The third-order valence-corrected chi connectivity index (χ3v) is 8.95. The van der Waals surface area contributed by atoms with Crippen LogP contribution in [0.15, 0.2) is 48.5 Å². The maximum atomic E-state index is 13.7. The van der Waals surface area contributed by atoms with Gasteiger partial charge in [-0.15, -0.1) is 0 Å². The van der Waals surface area contributed by atoms with Crippen LogP contribution in [0.3, 0.4) is 0 Å². The zero-order valence-corrected chi connectivity index (χ0v) is 26.3. The molecule has 0 aromatic heterocycles. The summed E-state index contributed by atoms with van der Waals surface area (Å²) in [5.74, 6) is 0.797. The highest BCUT2D eigenvalue weighted by molar-refractivity contribution is 5.81. The molecule has 1 saturated carbocycles. The van der Waals surface area contributed by atoms with Crippen molar-refractivity contribution in [3.8, 4) is 11.5 Å². The number of nitrogens with zero attached hydrogens (tertiary/aromatic N) is 1. The van der Waals surface area contributed by atoms with Crippen molar-refractivity contribution in [3.63, 3.8) is 0 Å². The van der Waals surface area contributed by atoms with Gasteiger partial charge in [-0.1, -0.05) is 45.0 Å². The Morgan fingerprint density at radius 3 is 2.14 bits per heavy atom. The SMILES string of the molecule is COc1ccc([C@]2(CCN(Cc3ccc(OC4CCC(C(=O)O)CC4)cc3)C(=O)C(C)(C)C)CCOC(C)(C)C2)cc1. The fourth-order valence-electron chi connectivity index (χ4n) is 6.62. The summed E-state index contributed by atoms with van der Waals surface area (Å²) >= 11 is 0. The Bertz CT molecular complexity index is 1190. The number of carboxylic acids is 1. The molecule has 2 aromatic rings. The van der Waals surface area contributed by atoms with Gasteiger partial charge in [0.2, 0.25) is 5.91 Å². The highest BCUT2D eigenvalue weighted by atomic mass is 16.5. The van der Waals surface area contributed by atoms with E-state index in [2.05, 4.69) is 26.0 Å². The van der Waals surface area contributed by atoms with E-state index in [1.165, 1.54) is 5.56 Å². The lowest BCUT2D eigenvalue weighted by Gasteiger charge is -2.46. The Morgan fingerprint density at radius 1 is 0.976 bits per heavy atom. The lowest BCUT2D eigenvalue weighted by Crippen LogP contribution is -2.47. The van der Waals surface area contributed by atoms with Crippen LogP contribution in [0, 0.1) is 11.3 Å². The van der Waals surface area contributed by atoms with E-state index in [9.17, 15) is 14.7 Å².